The summed E-state index contributed by atoms with van der Waals surface area (Å²) in [5, 5.41) is 10.2. The van der Waals surface area contributed by atoms with Crippen LogP contribution in [0.25, 0.3) is 0 Å². The molecule has 8 nitrogen and oxygen atoms in total. The molecule has 152 valence electrons. The molecular weight excluding hydrogens is 370 g/mol. The van der Waals surface area contributed by atoms with Crippen molar-refractivity contribution in [2.24, 2.45) is 0 Å². The molecule has 0 radical (unpaired) electrons. The first-order valence-electron chi connectivity index (χ1n) is 9.59. The van der Waals surface area contributed by atoms with Crippen LogP contribution in [0.5, 0.6) is 5.75 Å². The molecule has 27 heavy (non-hydrogen) atoms. The second-order valence-electron chi connectivity index (χ2n) is 7.36. The van der Waals surface area contributed by atoms with Crippen molar-refractivity contribution >= 4 is 10.0 Å². The van der Waals surface area contributed by atoms with Crippen LogP contribution in [0, 0.1) is 0 Å². The molecule has 2 heterocycles. The quantitative estimate of drug-likeness (QED) is 0.450. The molecule has 0 aliphatic carbocycles. The monoisotopic (exact) mass is 401 g/mol. The number of morpholine rings is 1. The lowest BCUT2D eigenvalue weighted by Gasteiger charge is -2.28. The molecule has 0 aromatic heterocycles. The van der Waals surface area contributed by atoms with E-state index in [1.54, 1.807) is 24.3 Å². The van der Waals surface area contributed by atoms with E-state index in [0.717, 1.165) is 26.2 Å². The zero-order valence-electron chi connectivity index (χ0n) is 15.9. The zero-order valence-corrected chi connectivity index (χ0v) is 16.7. The number of hydrogen-bond acceptors (Lipinski definition) is 5. The molecule has 0 saturated carbocycles. The van der Waals surface area contributed by atoms with Crippen LogP contribution in [0.4, 0.5) is 0 Å². The molecule has 2 fully saturated rings. The van der Waals surface area contributed by atoms with Gasteiger partial charge in [-0.3, -0.25) is 0 Å². The summed E-state index contributed by atoms with van der Waals surface area (Å²) < 4.78 is 37.5. The molecule has 1 aromatic rings. The number of piperazine rings is 1. The molecule has 3 rings (SSSR count). The first kappa shape index (κ1) is 20.5. The number of likely N-dealkylation sites (N-methyl/N-ethyl adjacent to an activating group) is 1. The van der Waals surface area contributed by atoms with E-state index in [2.05, 4.69) is 7.05 Å². The fourth-order valence-corrected chi connectivity index (χ4v) is 4.87. The SMILES string of the molecule is C[NH+]1CC[NH+](C[C@H](O)COc2ccc(S(=O)(=O)N3CCOCC3)cc2)CC1. The normalized spacial score (nSPS) is 25.9. The Bertz CT molecular complexity index is 683. The maximum atomic E-state index is 12.6. The predicted molar refractivity (Wildman–Crippen MR) is 99.7 cm³/mol. The van der Waals surface area contributed by atoms with E-state index in [4.69, 9.17) is 9.47 Å². The minimum atomic E-state index is -3.49. The van der Waals surface area contributed by atoms with Gasteiger partial charge in [-0.05, 0) is 24.3 Å². The van der Waals surface area contributed by atoms with Gasteiger partial charge in [-0.2, -0.15) is 4.31 Å². The summed E-state index contributed by atoms with van der Waals surface area (Å²) in [5.41, 5.74) is 0. The van der Waals surface area contributed by atoms with E-state index in [9.17, 15) is 13.5 Å². The number of benzene rings is 1. The Hall–Kier alpha value is -1.23. The summed E-state index contributed by atoms with van der Waals surface area (Å²) in [6, 6.07) is 6.40. The maximum absolute atomic E-state index is 12.6. The number of quaternary nitrogens is 2. The number of hydrogen-bond donors (Lipinski definition) is 3. The summed E-state index contributed by atoms with van der Waals surface area (Å²) in [6.45, 7) is 6.88. The minimum Gasteiger partial charge on any atom is -0.491 e. The Morgan fingerprint density at radius 2 is 1.78 bits per heavy atom. The van der Waals surface area contributed by atoms with Gasteiger partial charge < -0.3 is 24.4 Å². The fourth-order valence-electron chi connectivity index (χ4n) is 3.46. The third kappa shape index (κ3) is 5.63. The van der Waals surface area contributed by atoms with Crippen LogP contribution in [0.3, 0.4) is 0 Å². The molecular formula is C18H31N3O5S+2. The van der Waals surface area contributed by atoms with Crippen molar-refractivity contribution in [1.82, 2.24) is 4.31 Å². The Morgan fingerprint density at radius 3 is 2.41 bits per heavy atom. The fraction of sp³-hybridized carbons (Fsp3) is 0.667. The third-order valence-electron chi connectivity index (χ3n) is 5.21. The first-order valence-corrected chi connectivity index (χ1v) is 11.0. The summed E-state index contributed by atoms with van der Waals surface area (Å²) in [6.07, 6.45) is -0.532. The number of sulfonamides is 1. The molecule has 1 atom stereocenters. The Labute approximate surface area is 161 Å². The lowest BCUT2D eigenvalue weighted by molar-refractivity contribution is -1.00. The lowest BCUT2D eigenvalue weighted by Crippen LogP contribution is -3.27. The Kier molecular flexibility index (Phi) is 7.07. The highest BCUT2D eigenvalue weighted by molar-refractivity contribution is 7.89. The smallest absolute Gasteiger partial charge is 0.243 e. The number of rotatable bonds is 7. The second-order valence-corrected chi connectivity index (χ2v) is 9.30. The van der Waals surface area contributed by atoms with E-state index in [1.807, 2.05) is 0 Å². The molecule has 2 aliphatic heterocycles. The highest BCUT2D eigenvalue weighted by Crippen LogP contribution is 2.20. The number of aliphatic hydroxyl groups is 1. The van der Waals surface area contributed by atoms with Crippen molar-refractivity contribution < 1.29 is 32.8 Å². The van der Waals surface area contributed by atoms with Crippen LogP contribution in [0.15, 0.2) is 29.2 Å². The lowest BCUT2D eigenvalue weighted by atomic mass is 10.3. The van der Waals surface area contributed by atoms with Crippen LogP contribution in [0.1, 0.15) is 0 Å². The van der Waals surface area contributed by atoms with Gasteiger partial charge in [0.15, 0.2) is 0 Å². The van der Waals surface area contributed by atoms with Gasteiger partial charge in [-0.1, -0.05) is 0 Å². The van der Waals surface area contributed by atoms with Gasteiger partial charge in [0.2, 0.25) is 10.0 Å². The van der Waals surface area contributed by atoms with Crippen molar-refractivity contribution in [3.63, 3.8) is 0 Å². The number of nitrogens with zero attached hydrogens (tertiary/aromatic N) is 1. The molecule has 3 N–H and O–H groups in total. The van der Waals surface area contributed by atoms with Crippen molar-refractivity contribution in [2.45, 2.75) is 11.0 Å². The van der Waals surface area contributed by atoms with E-state index >= 15 is 0 Å². The average Bonchev–Trinajstić information content (AvgIpc) is 2.69. The van der Waals surface area contributed by atoms with Crippen LogP contribution >= 0.6 is 0 Å². The van der Waals surface area contributed by atoms with Gasteiger partial charge in [0.25, 0.3) is 0 Å². The summed E-state index contributed by atoms with van der Waals surface area (Å²) in [5.74, 6) is 0.563. The van der Waals surface area contributed by atoms with Gasteiger partial charge in [-0.15, -0.1) is 0 Å². The molecule has 0 spiro atoms. The maximum Gasteiger partial charge on any atom is 0.243 e. The van der Waals surface area contributed by atoms with Gasteiger partial charge >= 0.3 is 0 Å². The summed E-state index contributed by atoms with van der Waals surface area (Å²) in [7, 11) is -1.30. The molecule has 0 bridgehead atoms. The topological polar surface area (TPSA) is 85.0 Å². The van der Waals surface area contributed by atoms with Gasteiger partial charge in [-0.25, -0.2) is 8.42 Å². The zero-order chi connectivity index (χ0) is 19.3. The van der Waals surface area contributed by atoms with Crippen molar-refractivity contribution in [1.29, 1.82) is 0 Å². The average molecular weight is 402 g/mol. The Morgan fingerprint density at radius 1 is 1.15 bits per heavy atom. The van der Waals surface area contributed by atoms with Crippen molar-refractivity contribution in [2.75, 3.05) is 72.7 Å². The summed E-state index contributed by atoms with van der Waals surface area (Å²) in [4.78, 5) is 3.20. The standard InChI is InChI=1S/C18H29N3O5S/c1-19-6-8-20(9-7-19)14-16(22)15-26-17-2-4-18(5-3-17)27(23,24)21-10-12-25-13-11-21/h2-5,16,22H,6-15H2,1H3/p+2/t16-/m0/s1. The number of nitrogens with one attached hydrogen (secondary N) is 2. The van der Waals surface area contributed by atoms with Crippen molar-refractivity contribution in [3.05, 3.63) is 24.3 Å². The van der Waals surface area contributed by atoms with Crippen LogP contribution in [0.2, 0.25) is 0 Å². The number of aliphatic hydroxyl groups excluding tert-OH is 1. The molecule has 9 heteroatoms. The largest absolute Gasteiger partial charge is 0.491 e. The van der Waals surface area contributed by atoms with E-state index < -0.39 is 16.1 Å². The highest BCUT2D eigenvalue weighted by Gasteiger charge is 2.26. The van der Waals surface area contributed by atoms with Gasteiger partial charge in [0.1, 0.15) is 51.2 Å². The molecule has 2 saturated heterocycles. The molecule has 0 unspecified atom stereocenters. The van der Waals surface area contributed by atoms with E-state index in [-0.39, 0.29) is 11.5 Å². The third-order valence-corrected chi connectivity index (χ3v) is 7.12. The van der Waals surface area contributed by atoms with Gasteiger partial charge in [0, 0.05) is 13.1 Å². The predicted octanol–water partition coefficient (Wildman–Crippen LogP) is -3.14. The highest BCUT2D eigenvalue weighted by atomic mass is 32.2. The second kappa shape index (κ2) is 9.31. The van der Waals surface area contributed by atoms with Gasteiger partial charge in [0.05, 0.1) is 25.2 Å². The first-order chi connectivity index (χ1) is 12.9. The number of ether oxygens (including phenoxy) is 2. The van der Waals surface area contributed by atoms with Crippen LogP contribution in [-0.4, -0.2) is 96.6 Å². The van der Waals surface area contributed by atoms with Crippen LogP contribution < -0.4 is 14.5 Å². The minimum absolute atomic E-state index is 0.210. The summed E-state index contributed by atoms with van der Waals surface area (Å²) >= 11 is 0. The van der Waals surface area contributed by atoms with E-state index in [1.165, 1.54) is 14.1 Å². The molecule has 1 aromatic carbocycles. The van der Waals surface area contributed by atoms with Crippen LogP contribution in [-0.2, 0) is 14.8 Å². The Balaban J connectivity index is 1.48. The van der Waals surface area contributed by atoms with E-state index in [0.29, 0.717) is 38.6 Å². The molecule has 2 aliphatic rings. The van der Waals surface area contributed by atoms with Crippen molar-refractivity contribution in [3.8, 4) is 5.75 Å². The molecule has 0 amide bonds.